The maximum atomic E-state index is 11.5. The number of hydrogen-bond acceptors (Lipinski definition) is 3. The molecule has 0 aromatic heterocycles. The predicted molar refractivity (Wildman–Crippen MR) is 61.9 cm³/mol. The summed E-state index contributed by atoms with van der Waals surface area (Å²) in [7, 11) is 5.80. The first-order valence-corrected chi connectivity index (χ1v) is 5.54. The van der Waals surface area contributed by atoms with Crippen molar-refractivity contribution in [3.05, 3.63) is 0 Å². The summed E-state index contributed by atoms with van der Waals surface area (Å²) in [5.41, 5.74) is 0. The molecule has 0 radical (unpaired) electrons. The van der Waals surface area contributed by atoms with E-state index in [2.05, 4.69) is 6.92 Å². The standard InChI is InChI=1S/C11H24N2O2/c1-5-6-7-13(4)11(14)10-15-9-8-12(2)3/h5-10H2,1-4H3. The summed E-state index contributed by atoms with van der Waals surface area (Å²) in [6, 6.07) is 0. The van der Waals surface area contributed by atoms with Crippen molar-refractivity contribution in [3.63, 3.8) is 0 Å². The molecule has 0 aromatic carbocycles. The molecule has 0 aliphatic carbocycles. The van der Waals surface area contributed by atoms with Crippen LogP contribution in [0.25, 0.3) is 0 Å². The second-order valence-electron chi connectivity index (χ2n) is 4.02. The number of nitrogens with zero attached hydrogens (tertiary/aromatic N) is 2. The Labute approximate surface area is 93.2 Å². The molecule has 0 aliphatic rings. The van der Waals surface area contributed by atoms with Crippen molar-refractivity contribution in [2.75, 3.05) is 47.4 Å². The number of amides is 1. The summed E-state index contributed by atoms with van der Waals surface area (Å²) in [5.74, 6) is 0.0715. The number of ether oxygens (including phenoxy) is 1. The zero-order chi connectivity index (χ0) is 11.7. The number of likely N-dealkylation sites (N-methyl/N-ethyl adjacent to an activating group) is 2. The monoisotopic (exact) mass is 216 g/mol. The Morgan fingerprint density at radius 2 is 1.87 bits per heavy atom. The third-order valence-corrected chi connectivity index (χ3v) is 2.18. The van der Waals surface area contributed by atoms with Gasteiger partial charge in [0.05, 0.1) is 6.61 Å². The molecular formula is C11H24N2O2. The molecule has 0 atom stereocenters. The Hall–Kier alpha value is -0.610. The van der Waals surface area contributed by atoms with E-state index in [9.17, 15) is 4.79 Å². The Kier molecular flexibility index (Phi) is 8.33. The normalized spacial score (nSPS) is 10.7. The Balaban J connectivity index is 3.47. The van der Waals surface area contributed by atoms with Gasteiger partial charge in [-0.05, 0) is 20.5 Å². The van der Waals surface area contributed by atoms with Crippen LogP contribution in [0, 0.1) is 0 Å². The number of rotatable bonds is 8. The summed E-state index contributed by atoms with van der Waals surface area (Å²) >= 11 is 0. The van der Waals surface area contributed by atoms with E-state index in [1.807, 2.05) is 26.0 Å². The molecule has 0 saturated carbocycles. The van der Waals surface area contributed by atoms with Crippen LogP contribution in [-0.4, -0.2) is 63.2 Å². The van der Waals surface area contributed by atoms with Crippen molar-refractivity contribution >= 4 is 5.91 Å². The fraction of sp³-hybridized carbons (Fsp3) is 0.909. The van der Waals surface area contributed by atoms with Crippen LogP contribution < -0.4 is 0 Å². The topological polar surface area (TPSA) is 32.8 Å². The predicted octanol–water partition coefficient (Wildman–Crippen LogP) is 0.823. The van der Waals surface area contributed by atoms with Gasteiger partial charge in [0.25, 0.3) is 0 Å². The average Bonchev–Trinajstić information content (AvgIpc) is 2.20. The summed E-state index contributed by atoms with van der Waals surface area (Å²) in [6.07, 6.45) is 2.17. The first-order valence-electron chi connectivity index (χ1n) is 5.54. The Morgan fingerprint density at radius 1 is 1.20 bits per heavy atom. The molecule has 0 spiro atoms. The van der Waals surface area contributed by atoms with Gasteiger partial charge in [0.1, 0.15) is 6.61 Å². The highest BCUT2D eigenvalue weighted by atomic mass is 16.5. The van der Waals surface area contributed by atoms with E-state index >= 15 is 0 Å². The van der Waals surface area contributed by atoms with Gasteiger partial charge >= 0.3 is 0 Å². The van der Waals surface area contributed by atoms with Crippen LogP contribution in [0.4, 0.5) is 0 Å². The molecule has 0 unspecified atom stereocenters. The van der Waals surface area contributed by atoms with Gasteiger partial charge in [-0.2, -0.15) is 0 Å². The maximum Gasteiger partial charge on any atom is 0.248 e. The number of unbranched alkanes of at least 4 members (excludes halogenated alkanes) is 1. The number of hydrogen-bond donors (Lipinski definition) is 0. The number of carbonyl (C=O) groups is 1. The molecule has 0 saturated heterocycles. The molecule has 4 heteroatoms. The lowest BCUT2D eigenvalue weighted by Crippen LogP contribution is -2.32. The van der Waals surface area contributed by atoms with Crippen molar-refractivity contribution in [1.82, 2.24) is 9.80 Å². The van der Waals surface area contributed by atoms with E-state index in [0.29, 0.717) is 6.61 Å². The van der Waals surface area contributed by atoms with Gasteiger partial charge < -0.3 is 14.5 Å². The summed E-state index contributed by atoms with van der Waals surface area (Å²) in [5, 5.41) is 0. The minimum atomic E-state index is 0.0715. The van der Waals surface area contributed by atoms with E-state index in [1.165, 1.54) is 0 Å². The van der Waals surface area contributed by atoms with Crippen molar-refractivity contribution in [2.24, 2.45) is 0 Å². The van der Waals surface area contributed by atoms with Crippen LogP contribution in [0.3, 0.4) is 0 Å². The molecule has 90 valence electrons. The zero-order valence-corrected chi connectivity index (χ0v) is 10.5. The highest BCUT2D eigenvalue weighted by molar-refractivity contribution is 5.77. The quantitative estimate of drug-likeness (QED) is 0.563. The molecule has 0 rings (SSSR count). The fourth-order valence-electron chi connectivity index (χ4n) is 1.04. The third-order valence-electron chi connectivity index (χ3n) is 2.18. The molecule has 0 bridgehead atoms. The molecule has 1 amide bonds. The largest absolute Gasteiger partial charge is 0.370 e. The van der Waals surface area contributed by atoms with Crippen LogP contribution in [-0.2, 0) is 9.53 Å². The average molecular weight is 216 g/mol. The van der Waals surface area contributed by atoms with Crippen LogP contribution in [0.5, 0.6) is 0 Å². The lowest BCUT2D eigenvalue weighted by molar-refractivity contribution is -0.134. The van der Waals surface area contributed by atoms with Gasteiger partial charge in [-0.25, -0.2) is 0 Å². The summed E-state index contributed by atoms with van der Waals surface area (Å²) in [4.78, 5) is 15.2. The van der Waals surface area contributed by atoms with Crippen molar-refractivity contribution in [1.29, 1.82) is 0 Å². The molecule has 0 heterocycles. The minimum absolute atomic E-state index is 0.0715. The first kappa shape index (κ1) is 14.4. The van der Waals surface area contributed by atoms with E-state index in [4.69, 9.17) is 4.74 Å². The van der Waals surface area contributed by atoms with Gasteiger partial charge in [-0.1, -0.05) is 13.3 Å². The van der Waals surface area contributed by atoms with E-state index < -0.39 is 0 Å². The van der Waals surface area contributed by atoms with Crippen molar-refractivity contribution in [2.45, 2.75) is 19.8 Å². The lowest BCUT2D eigenvalue weighted by Gasteiger charge is -2.17. The summed E-state index contributed by atoms with van der Waals surface area (Å²) < 4.78 is 5.27. The molecule has 15 heavy (non-hydrogen) atoms. The van der Waals surface area contributed by atoms with Crippen LogP contribution in [0.2, 0.25) is 0 Å². The highest BCUT2D eigenvalue weighted by Crippen LogP contribution is 1.93. The van der Waals surface area contributed by atoms with Gasteiger partial charge in [-0.3, -0.25) is 4.79 Å². The Morgan fingerprint density at radius 3 is 2.40 bits per heavy atom. The second-order valence-corrected chi connectivity index (χ2v) is 4.02. The van der Waals surface area contributed by atoms with Crippen LogP contribution in [0.1, 0.15) is 19.8 Å². The zero-order valence-electron chi connectivity index (χ0n) is 10.5. The van der Waals surface area contributed by atoms with Crippen LogP contribution >= 0.6 is 0 Å². The van der Waals surface area contributed by atoms with Crippen molar-refractivity contribution in [3.8, 4) is 0 Å². The molecule has 0 fully saturated rings. The number of carbonyl (C=O) groups excluding carboxylic acids is 1. The fourth-order valence-corrected chi connectivity index (χ4v) is 1.04. The van der Waals surface area contributed by atoms with Crippen LogP contribution in [0.15, 0.2) is 0 Å². The second kappa shape index (κ2) is 8.68. The first-order chi connectivity index (χ1) is 7.07. The highest BCUT2D eigenvalue weighted by Gasteiger charge is 2.07. The smallest absolute Gasteiger partial charge is 0.248 e. The van der Waals surface area contributed by atoms with E-state index in [-0.39, 0.29) is 12.5 Å². The van der Waals surface area contributed by atoms with E-state index in [1.54, 1.807) is 4.90 Å². The van der Waals surface area contributed by atoms with Gasteiger partial charge in [0, 0.05) is 20.1 Å². The molecule has 0 aliphatic heterocycles. The molecule has 4 nitrogen and oxygen atoms in total. The van der Waals surface area contributed by atoms with Gasteiger partial charge in [-0.15, -0.1) is 0 Å². The van der Waals surface area contributed by atoms with E-state index in [0.717, 1.165) is 25.9 Å². The van der Waals surface area contributed by atoms with Crippen molar-refractivity contribution < 1.29 is 9.53 Å². The van der Waals surface area contributed by atoms with Gasteiger partial charge in [0.15, 0.2) is 0 Å². The minimum Gasteiger partial charge on any atom is -0.370 e. The maximum absolute atomic E-state index is 11.5. The van der Waals surface area contributed by atoms with Gasteiger partial charge in [0.2, 0.25) is 5.91 Å². The third kappa shape index (κ3) is 8.39. The molecule has 0 aromatic rings. The molecule has 0 N–H and O–H groups in total. The lowest BCUT2D eigenvalue weighted by atomic mass is 10.3. The summed E-state index contributed by atoms with van der Waals surface area (Å²) in [6.45, 7) is 4.61. The SMILES string of the molecule is CCCCN(C)C(=O)COCCN(C)C. The molecular weight excluding hydrogens is 192 g/mol. The Bertz CT molecular complexity index is 172.